The second-order valence-corrected chi connectivity index (χ2v) is 6.58. The van der Waals surface area contributed by atoms with Gasteiger partial charge in [-0.1, -0.05) is 6.07 Å². The molecule has 0 atom stereocenters. The van der Waals surface area contributed by atoms with Gasteiger partial charge in [0.2, 0.25) is 0 Å². The van der Waals surface area contributed by atoms with Crippen LogP contribution in [-0.4, -0.2) is 48.7 Å². The summed E-state index contributed by atoms with van der Waals surface area (Å²) in [6, 6.07) is 4.04. The Morgan fingerprint density at radius 3 is 2.56 bits per heavy atom. The highest BCUT2D eigenvalue weighted by molar-refractivity contribution is 5.47. The maximum atomic E-state index is 12.9. The number of nitrogens with zero attached hydrogens (tertiary/aromatic N) is 5. The molecule has 0 spiro atoms. The van der Waals surface area contributed by atoms with Crippen molar-refractivity contribution < 1.29 is 17.9 Å². The van der Waals surface area contributed by atoms with Gasteiger partial charge in [0.1, 0.15) is 11.5 Å². The van der Waals surface area contributed by atoms with Crippen molar-refractivity contribution in [3.05, 3.63) is 36.3 Å². The third-order valence-corrected chi connectivity index (χ3v) is 4.70. The van der Waals surface area contributed by atoms with E-state index in [1.807, 2.05) is 16.8 Å². The van der Waals surface area contributed by atoms with Crippen LogP contribution in [0.15, 0.2) is 30.6 Å². The van der Waals surface area contributed by atoms with Gasteiger partial charge in [0.25, 0.3) is 5.88 Å². The predicted octanol–water partition coefficient (Wildman–Crippen LogP) is 3.25. The second-order valence-electron chi connectivity index (χ2n) is 6.58. The van der Waals surface area contributed by atoms with E-state index in [2.05, 4.69) is 15.0 Å². The average molecular weight is 381 g/mol. The van der Waals surface area contributed by atoms with Crippen molar-refractivity contribution in [3.63, 3.8) is 0 Å². The SMILES string of the molecule is COc1nccnc1N(C)CC1CCN(c2cccc(C(F)(F)F)n2)CC1. The lowest BCUT2D eigenvalue weighted by Gasteiger charge is -2.35. The minimum absolute atomic E-state index is 0.382. The molecule has 0 saturated carbocycles. The van der Waals surface area contributed by atoms with Gasteiger partial charge in [-0.2, -0.15) is 13.2 Å². The van der Waals surface area contributed by atoms with Gasteiger partial charge in [-0.15, -0.1) is 0 Å². The van der Waals surface area contributed by atoms with E-state index in [1.54, 1.807) is 25.6 Å². The maximum Gasteiger partial charge on any atom is 0.433 e. The predicted molar refractivity (Wildman–Crippen MR) is 96.0 cm³/mol. The Labute approximate surface area is 156 Å². The number of piperidine rings is 1. The summed E-state index contributed by atoms with van der Waals surface area (Å²) in [5, 5.41) is 0. The van der Waals surface area contributed by atoms with E-state index in [4.69, 9.17) is 4.74 Å². The van der Waals surface area contributed by atoms with E-state index >= 15 is 0 Å². The number of aromatic nitrogens is 3. The third kappa shape index (κ3) is 4.58. The molecule has 0 radical (unpaired) electrons. The zero-order valence-corrected chi connectivity index (χ0v) is 15.3. The fourth-order valence-electron chi connectivity index (χ4n) is 3.30. The Morgan fingerprint density at radius 1 is 1.19 bits per heavy atom. The molecule has 1 aliphatic heterocycles. The molecule has 1 fully saturated rings. The van der Waals surface area contributed by atoms with Crippen LogP contribution in [0.4, 0.5) is 24.8 Å². The normalized spacial score (nSPS) is 15.7. The van der Waals surface area contributed by atoms with Gasteiger partial charge in [0, 0.05) is 39.1 Å². The Bertz CT molecular complexity index is 763. The van der Waals surface area contributed by atoms with Gasteiger partial charge in [-0.3, -0.25) is 0 Å². The van der Waals surface area contributed by atoms with Gasteiger partial charge < -0.3 is 14.5 Å². The van der Waals surface area contributed by atoms with Gasteiger partial charge in [0.05, 0.1) is 7.11 Å². The molecule has 0 unspecified atom stereocenters. The summed E-state index contributed by atoms with van der Waals surface area (Å²) >= 11 is 0. The number of alkyl halides is 3. The van der Waals surface area contributed by atoms with Crippen LogP contribution in [0.5, 0.6) is 5.88 Å². The second kappa shape index (κ2) is 7.98. The molecule has 9 heteroatoms. The summed E-state index contributed by atoms with van der Waals surface area (Å²) in [6.45, 7) is 2.12. The molecule has 0 aliphatic carbocycles. The summed E-state index contributed by atoms with van der Waals surface area (Å²) in [7, 11) is 3.50. The van der Waals surface area contributed by atoms with Crippen LogP contribution >= 0.6 is 0 Å². The Kier molecular flexibility index (Phi) is 5.67. The Hall–Kier alpha value is -2.58. The summed E-state index contributed by atoms with van der Waals surface area (Å²) < 4.78 is 43.8. The molecule has 3 heterocycles. The first kappa shape index (κ1) is 19.2. The van der Waals surface area contributed by atoms with Crippen molar-refractivity contribution >= 4 is 11.6 Å². The minimum atomic E-state index is -4.42. The summed E-state index contributed by atoms with van der Waals surface area (Å²) in [4.78, 5) is 16.2. The first-order valence-electron chi connectivity index (χ1n) is 8.74. The van der Waals surface area contributed by atoms with Crippen LogP contribution in [0.2, 0.25) is 0 Å². The highest BCUT2D eigenvalue weighted by Gasteiger charge is 2.33. The fraction of sp³-hybridized carbons (Fsp3) is 0.500. The molecular weight excluding hydrogens is 359 g/mol. The molecule has 2 aromatic rings. The zero-order valence-electron chi connectivity index (χ0n) is 15.3. The number of rotatable bonds is 5. The summed E-state index contributed by atoms with van der Waals surface area (Å²) in [5.41, 5.74) is -0.850. The summed E-state index contributed by atoms with van der Waals surface area (Å²) in [5.74, 6) is 1.95. The van der Waals surface area contributed by atoms with E-state index < -0.39 is 11.9 Å². The van der Waals surface area contributed by atoms with Crippen molar-refractivity contribution in [2.24, 2.45) is 5.92 Å². The molecule has 0 amide bonds. The van der Waals surface area contributed by atoms with Crippen LogP contribution in [0, 0.1) is 5.92 Å². The maximum absolute atomic E-state index is 12.9. The minimum Gasteiger partial charge on any atom is -0.478 e. The van der Waals surface area contributed by atoms with Crippen molar-refractivity contribution in [3.8, 4) is 5.88 Å². The lowest BCUT2D eigenvalue weighted by atomic mass is 9.96. The highest BCUT2D eigenvalue weighted by atomic mass is 19.4. The number of pyridine rings is 1. The number of halogens is 3. The molecule has 0 bridgehead atoms. The lowest BCUT2D eigenvalue weighted by molar-refractivity contribution is -0.141. The fourth-order valence-corrected chi connectivity index (χ4v) is 3.30. The lowest BCUT2D eigenvalue weighted by Crippen LogP contribution is -2.38. The molecule has 6 nitrogen and oxygen atoms in total. The molecule has 0 N–H and O–H groups in total. The van der Waals surface area contributed by atoms with E-state index in [9.17, 15) is 13.2 Å². The number of hydrogen-bond acceptors (Lipinski definition) is 6. The molecule has 3 rings (SSSR count). The van der Waals surface area contributed by atoms with Gasteiger partial charge in [-0.25, -0.2) is 15.0 Å². The molecule has 1 aliphatic rings. The molecule has 146 valence electrons. The molecule has 2 aromatic heterocycles. The largest absolute Gasteiger partial charge is 0.478 e. The van der Waals surface area contributed by atoms with Crippen molar-refractivity contribution in [2.45, 2.75) is 19.0 Å². The number of methoxy groups -OCH3 is 1. The summed E-state index contributed by atoms with van der Waals surface area (Å²) in [6.07, 6.45) is 0.509. The van der Waals surface area contributed by atoms with E-state index in [1.165, 1.54) is 6.07 Å². The molecular formula is C18H22F3N5O. The molecule has 0 aromatic carbocycles. The van der Waals surface area contributed by atoms with Crippen molar-refractivity contribution in [1.82, 2.24) is 15.0 Å². The Morgan fingerprint density at radius 2 is 1.89 bits per heavy atom. The van der Waals surface area contributed by atoms with Crippen molar-refractivity contribution in [1.29, 1.82) is 0 Å². The van der Waals surface area contributed by atoms with Gasteiger partial charge in [0.15, 0.2) is 5.82 Å². The molecule has 1 saturated heterocycles. The molecule has 27 heavy (non-hydrogen) atoms. The topological polar surface area (TPSA) is 54.4 Å². The number of hydrogen-bond donors (Lipinski definition) is 0. The first-order valence-corrected chi connectivity index (χ1v) is 8.74. The van der Waals surface area contributed by atoms with Crippen LogP contribution in [0.3, 0.4) is 0 Å². The smallest absolute Gasteiger partial charge is 0.433 e. The van der Waals surface area contributed by atoms with Crippen LogP contribution in [0.25, 0.3) is 0 Å². The number of anilines is 2. The van der Waals surface area contributed by atoms with E-state index in [0.717, 1.165) is 25.5 Å². The standard InChI is InChI=1S/C18H22F3N5O/c1-25(16-17(27-2)23-9-8-22-16)12-13-6-10-26(11-7-13)15-5-3-4-14(24-15)18(19,20)21/h3-5,8-9,13H,6-7,10-12H2,1-2H3. The zero-order chi connectivity index (χ0) is 19.4. The van der Waals surface area contributed by atoms with Gasteiger partial charge >= 0.3 is 6.18 Å². The quantitative estimate of drug-likeness (QED) is 0.793. The van der Waals surface area contributed by atoms with Crippen LogP contribution in [-0.2, 0) is 6.18 Å². The van der Waals surface area contributed by atoms with Crippen LogP contribution < -0.4 is 14.5 Å². The highest BCUT2D eigenvalue weighted by Crippen LogP contribution is 2.30. The third-order valence-electron chi connectivity index (χ3n) is 4.70. The first-order chi connectivity index (χ1) is 12.9. The number of ether oxygens (including phenoxy) is 1. The van der Waals surface area contributed by atoms with Crippen LogP contribution in [0.1, 0.15) is 18.5 Å². The van der Waals surface area contributed by atoms with E-state index in [0.29, 0.717) is 36.5 Å². The van der Waals surface area contributed by atoms with Gasteiger partial charge in [-0.05, 0) is 30.9 Å². The van der Waals surface area contributed by atoms with E-state index in [-0.39, 0.29) is 0 Å². The van der Waals surface area contributed by atoms with Crippen molar-refractivity contribution in [2.75, 3.05) is 43.6 Å². The Balaban J connectivity index is 1.59. The monoisotopic (exact) mass is 381 g/mol. The average Bonchev–Trinajstić information content (AvgIpc) is 2.68.